The van der Waals surface area contributed by atoms with Gasteiger partial charge in [0, 0.05) is 5.25 Å². The number of hydrogen-bond acceptors (Lipinski definition) is 2. The third kappa shape index (κ3) is 5.97. The van der Waals surface area contributed by atoms with Crippen molar-refractivity contribution in [2.45, 2.75) is 51.2 Å². The number of carboxylic acids is 1. The van der Waals surface area contributed by atoms with Crippen LogP contribution >= 0.6 is 12.6 Å². The fraction of sp³-hybridized carbons (Fsp3) is 0.900. The van der Waals surface area contributed by atoms with Gasteiger partial charge in [0.1, 0.15) is 0 Å². The normalized spacial score (nSPS) is 15.3. The first-order chi connectivity index (χ1) is 6.11. The van der Waals surface area contributed by atoms with Gasteiger partial charge in [0.25, 0.3) is 0 Å². The summed E-state index contributed by atoms with van der Waals surface area (Å²) in [6, 6.07) is 0. The summed E-state index contributed by atoms with van der Waals surface area (Å²) in [4.78, 5) is 10.7. The van der Waals surface area contributed by atoms with E-state index in [4.69, 9.17) is 5.11 Å². The molecule has 0 aromatic carbocycles. The van der Waals surface area contributed by atoms with Crippen LogP contribution in [0.4, 0.5) is 0 Å². The molecule has 0 aliphatic carbocycles. The lowest BCUT2D eigenvalue weighted by Crippen LogP contribution is -2.14. The molecule has 0 aliphatic rings. The van der Waals surface area contributed by atoms with Crippen molar-refractivity contribution < 1.29 is 9.90 Å². The minimum Gasteiger partial charge on any atom is -0.481 e. The zero-order valence-corrected chi connectivity index (χ0v) is 9.39. The predicted molar refractivity (Wildman–Crippen MR) is 58.3 cm³/mol. The second kappa shape index (κ2) is 7.25. The number of aliphatic carboxylic acids is 1. The SMILES string of the molecule is CCCC(S)CCC(CC)C(=O)O. The molecule has 78 valence electrons. The number of hydrogen-bond donors (Lipinski definition) is 2. The van der Waals surface area contributed by atoms with E-state index in [0.29, 0.717) is 5.25 Å². The zero-order valence-electron chi connectivity index (χ0n) is 8.49. The van der Waals surface area contributed by atoms with Gasteiger partial charge < -0.3 is 5.11 Å². The quantitative estimate of drug-likeness (QED) is 0.626. The zero-order chi connectivity index (χ0) is 10.3. The van der Waals surface area contributed by atoms with Crippen LogP contribution in [0.25, 0.3) is 0 Å². The lowest BCUT2D eigenvalue weighted by molar-refractivity contribution is -0.142. The lowest BCUT2D eigenvalue weighted by Gasteiger charge is -2.12. The van der Waals surface area contributed by atoms with Crippen LogP contribution in [0.15, 0.2) is 0 Å². The number of carbonyl (C=O) groups is 1. The van der Waals surface area contributed by atoms with Crippen molar-refractivity contribution in [2.24, 2.45) is 5.92 Å². The maximum Gasteiger partial charge on any atom is 0.306 e. The summed E-state index contributed by atoms with van der Waals surface area (Å²) in [5.41, 5.74) is 0. The molecule has 0 heterocycles. The Balaban J connectivity index is 3.65. The molecule has 0 saturated heterocycles. The van der Waals surface area contributed by atoms with Gasteiger partial charge in [-0.1, -0.05) is 20.3 Å². The number of thiol groups is 1. The molecule has 0 amide bonds. The van der Waals surface area contributed by atoms with Crippen molar-refractivity contribution in [3.63, 3.8) is 0 Å². The summed E-state index contributed by atoms with van der Waals surface area (Å²) < 4.78 is 0. The van der Waals surface area contributed by atoms with Crippen LogP contribution < -0.4 is 0 Å². The van der Waals surface area contributed by atoms with Gasteiger partial charge in [0.15, 0.2) is 0 Å². The summed E-state index contributed by atoms with van der Waals surface area (Å²) in [6.45, 7) is 4.05. The van der Waals surface area contributed by atoms with E-state index < -0.39 is 5.97 Å². The topological polar surface area (TPSA) is 37.3 Å². The Morgan fingerprint density at radius 2 is 1.92 bits per heavy atom. The van der Waals surface area contributed by atoms with E-state index >= 15 is 0 Å². The molecule has 0 spiro atoms. The van der Waals surface area contributed by atoms with Crippen LogP contribution in [-0.2, 0) is 4.79 Å². The monoisotopic (exact) mass is 204 g/mol. The Morgan fingerprint density at radius 1 is 1.31 bits per heavy atom. The average molecular weight is 204 g/mol. The Labute approximate surface area is 86.1 Å². The molecule has 0 aromatic rings. The summed E-state index contributed by atoms with van der Waals surface area (Å²) in [6.07, 6.45) is 4.61. The lowest BCUT2D eigenvalue weighted by atomic mass is 9.98. The van der Waals surface area contributed by atoms with Gasteiger partial charge in [-0.25, -0.2) is 0 Å². The van der Waals surface area contributed by atoms with E-state index in [0.717, 1.165) is 32.1 Å². The Morgan fingerprint density at radius 3 is 2.31 bits per heavy atom. The van der Waals surface area contributed by atoms with Crippen molar-refractivity contribution in [1.82, 2.24) is 0 Å². The highest BCUT2D eigenvalue weighted by Gasteiger charge is 2.15. The van der Waals surface area contributed by atoms with Crippen LogP contribution in [0.3, 0.4) is 0 Å². The average Bonchev–Trinajstić information content (AvgIpc) is 2.05. The molecule has 2 nitrogen and oxygen atoms in total. The summed E-state index contributed by atoms with van der Waals surface area (Å²) in [5.74, 6) is -0.842. The van der Waals surface area contributed by atoms with Crippen LogP contribution in [0.2, 0.25) is 0 Å². The molecule has 0 saturated carbocycles. The molecule has 13 heavy (non-hydrogen) atoms. The van der Waals surface area contributed by atoms with Gasteiger partial charge in [-0.05, 0) is 25.7 Å². The van der Waals surface area contributed by atoms with Crippen molar-refractivity contribution in [3.8, 4) is 0 Å². The highest BCUT2D eigenvalue weighted by Crippen LogP contribution is 2.18. The Kier molecular flexibility index (Phi) is 7.14. The fourth-order valence-electron chi connectivity index (χ4n) is 1.37. The third-order valence-electron chi connectivity index (χ3n) is 2.31. The summed E-state index contributed by atoms with van der Waals surface area (Å²) >= 11 is 4.40. The minimum atomic E-state index is -0.667. The second-order valence-corrected chi connectivity index (χ2v) is 4.19. The van der Waals surface area contributed by atoms with E-state index in [1.807, 2.05) is 6.92 Å². The Hall–Kier alpha value is -0.180. The van der Waals surface area contributed by atoms with Gasteiger partial charge in [-0.2, -0.15) is 12.6 Å². The van der Waals surface area contributed by atoms with E-state index in [1.165, 1.54) is 0 Å². The molecule has 1 N–H and O–H groups in total. The maximum absolute atomic E-state index is 10.7. The molecule has 2 atom stereocenters. The van der Waals surface area contributed by atoms with Crippen LogP contribution in [0.5, 0.6) is 0 Å². The first-order valence-corrected chi connectivity index (χ1v) is 5.54. The second-order valence-electron chi connectivity index (χ2n) is 3.46. The third-order valence-corrected chi connectivity index (χ3v) is 2.83. The molecule has 3 heteroatoms. The van der Waals surface area contributed by atoms with E-state index in [1.54, 1.807) is 0 Å². The molecular formula is C10H20O2S. The van der Waals surface area contributed by atoms with Gasteiger partial charge in [0.2, 0.25) is 0 Å². The van der Waals surface area contributed by atoms with Crippen LogP contribution in [0, 0.1) is 5.92 Å². The smallest absolute Gasteiger partial charge is 0.306 e. The maximum atomic E-state index is 10.7. The predicted octanol–water partition coefficient (Wildman–Crippen LogP) is 2.98. The number of rotatable bonds is 7. The van der Waals surface area contributed by atoms with Crippen molar-refractivity contribution in [1.29, 1.82) is 0 Å². The van der Waals surface area contributed by atoms with Gasteiger partial charge in [-0.3, -0.25) is 4.79 Å². The molecule has 0 aromatic heterocycles. The van der Waals surface area contributed by atoms with Crippen molar-refractivity contribution >= 4 is 18.6 Å². The van der Waals surface area contributed by atoms with Crippen LogP contribution in [-0.4, -0.2) is 16.3 Å². The fourth-order valence-corrected chi connectivity index (χ4v) is 1.78. The molecule has 0 fully saturated rings. The molecule has 0 radical (unpaired) electrons. The van der Waals surface area contributed by atoms with E-state index in [2.05, 4.69) is 19.6 Å². The highest BCUT2D eigenvalue weighted by atomic mass is 32.1. The van der Waals surface area contributed by atoms with Gasteiger partial charge in [-0.15, -0.1) is 0 Å². The molecular weight excluding hydrogens is 184 g/mol. The molecule has 0 rings (SSSR count). The van der Waals surface area contributed by atoms with Gasteiger partial charge in [0.05, 0.1) is 5.92 Å². The summed E-state index contributed by atoms with van der Waals surface area (Å²) in [7, 11) is 0. The molecule has 2 unspecified atom stereocenters. The number of carboxylic acid groups (broad SMARTS) is 1. The van der Waals surface area contributed by atoms with Crippen molar-refractivity contribution in [2.75, 3.05) is 0 Å². The largest absolute Gasteiger partial charge is 0.481 e. The van der Waals surface area contributed by atoms with E-state index in [-0.39, 0.29) is 5.92 Å². The standard InChI is InChI=1S/C10H20O2S/c1-3-5-9(13)7-6-8(4-2)10(11)12/h8-9,13H,3-7H2,1-2H3,(H,11,12). The first-order valence-electron chi connectivity index (χ1n) is 5.02. The first kappa shape index (κ1) is 12.8. The summed E-state index contributed by atoms with van der Waals surface area (Å²) in [5, 5.41) is 9.16. The minimum absolute atomic E-state index is 0.175. The Bertz CT molecular complexity index is 148. The van der Waals surface area contributed by atoms with Crippen molar-refractivity contribution in [3.05, 3.63) is 0 Å². The highest BCUT2D eigenvalue weighted by molar-refractivity contribution is 7.80. The van der Waals surface area contributed by atoms with Gasteiger partial charge >= 0.3 is 5.97 Å². The molecule has 0 bridgehead atoms. The molecule has 0 aliphatic heterocycles. The van der Waals surface area contributed by atoms with E-state index in [9.17, 15) is 4.79 Å². The van der Waals surface area contributed by atoms with Crippen LogP contribution in [0.1, 0.15) is 46.0 Å².